The molecule has 0 aromatic carbocycles. The molecule has 0 saturated heterocycles. The minimum Gasteiger partial charge on any atom is -0.313 e. The lowest BCUT2D eigenvalue weighted by Gasteiger charge is -1.97. The van der Waals surface area contributed by atoms with Crippen molar-refractivity contribution in [3.05, 3.63) is 41.3 Å². The summed E-state index contributed by atoms with van der Waals surface area (Å²) < 4.78 is 0. The molecule has 0 bridgehead atoms. The number of nitriles is 1. The summed E-state index contributed by atoms with van der Waals surface area (Å²) in [5.74, 6) is -0.230. The molecular weight excluding hydrogens is 208 g/mol. The summed E-state index contributed by atoms with van der Waals surface area (Å²) in [4.78, 5) is 11.3. The van der Waals surface area contributed by atoms with Gasteiger partial charge < -0.3 is 5.32 Å². The number of carbonyl (C=O) groups excluding carboxylic acids is 1. The Morgan fingerprint density at radius 2 is 2.40 bits per heavy atom. The molecule has 3 nitrogen and oxygen atoms in total. The Hall–Kier alpha value is -1.86. The van der Waals surface area contributed by atoms with E-state index in [0.717, 1.165) is 0 Å². The van der Waals surface area contributed by atoms with E-state index in [1.165, 1.54) is 17.4 Å². The van der Waals surface area contributed by atoms with Gasteiger partial charge in [-0.15, -0.1) is 11.3 Å². The third-order valence-corrected chi connectivity index (χ3v) is 2.40. The molecule has 1 amide bonds. The Morgan fingerprint density at radius 1 is 1.60 bits per heavy atom. The van der Waals surface area contributed by atoms with Crippen molar-refractivity contribution in [1.82, 2.24) is 0 Å². The summed E-state index contributed by atoms with van der Waals surface area (Å²) >= 11 is 1.34. The lowest BCUT2D eigenvalue weighted by Crippen LogP contribution is -2.07. The number of hydrogen-bond acceptors (Lipinski definition) is 3. The summed E-state index contributed by atoms with van der Waals surface area (Å²) in [5, 5.41) is 13.7. The van der Waals surface area contributed by atoms with Gasteiger partial charge in [0.1, 0.15) is 11.1 Å². The Kier molecular flexibility index (Phi) is 4.32. The van der Waals surface area contributed by atoms with Crippen LogP contribution < -0.4 is 5.32 Å². The predicted molar refractivity (Wildman–Crippen MR) is 61.6 cm³/mol. The summed E-state index contributed by atoms with van der Waals surface area (Å²) in [5.41, 5.74) is 0.493. The lowest BCUT2D eigenvalue weighted by atomic mass is 10.3. The largest absolute Gasteiger partial charge is 0.313 e. The van der Waals surface area contributed by atoms with Gasteiger partial charge in [0, 0.05) is 6.08 Å². The van der Waals surface area contributed by atoms with Crippen molar-refractivity contribution in [3.63, 3.8) is 0 Å². The highest BCUT2D eigenvalue weighted by atomic mass is 32.1. The first-order chi connectivity index (χ1) is 7.27. The molecular formula is C11H10N2OS. The van der Waals surface area contributed by atoms with E-state index in [9.17, 15) is 4.79 Å². The number of hydrogen-bond donors (Lipinski definition) is 1. The molecule has 1 heterocycles. The summed E-state index contributed by atoms with van der Waals surface area (Å²) in [6.07, 6.45) is 6.66. The number of anilines is 1. The standard InChI is InChI=1S/C11H10N2OS/c1-2-3-4-5-10(14)13-11-9(8-12)6-7-15-11/h2-7H,1H3,(H,13,14). The quantitative estimate of drug-likeness (QED) is 0.626. The van der Waals surface area contributed by atoms with Gasteiger partial charge in [0.25, 0.3) is 0 Å². The van der Waals surface area contributed by atoms with Gasteiger partial charge in [-0.05, 0) is 18.4 Å². The van der Waals surface area contributed by atoms with E-state index in [2.05, 4.69) is 5.32 Å². The molecule has 15 heavy (non-hydrogen) atoms. The molecule has 0 unspecified atom stereocenters. The number of thiophene rings is 1. The summed E-state index contributed by atoms with van der Waals surface area (Å²) in [6, 6.07) is 3.68. The first kappa shape index (κ1) is 11.2. The number of nitrogens with zero attached hydrogens (tertiary/aromatic N) is 1. The van der Waals surface area contributed by atoms with Crippen LogP contribution in [0.25, 0.3) is 0 Å². The molecule has 0 spiro atoms. The van der Waals surface area contributed by atoms with E-state index in [4.69, 9.17) is 5.26 Å². The number of amides is 1. The summed E-state index contributed by atoms with van der Waals surface area (Å²) in [6.45, 7) is 1.87. The van der Waals surface area contributed by atoms with Crippen LogP contribution in [0.5, 0.6) is 0 Å². The fourth-order valence-electron chi connectivity index (χ4n) is 0.902. The molecule has 0 aliphatic rings. The molecule has 76 valence electrons. The van der Waals surface area contributed by atoms with Gasteiger partial charge in [-0.25, -0.2) is 0 Å². The van der Waals surface area contributed by atoms with Gasteiger partial charge in [-0.2, -0.15) is 5.26 Å². The van der Waals surface area contributed by atoms with Crippen molar-refractivity contribution in [2.24, 2.45) is 0 Å². The van der Waals surface area contributed by atoms with Crippen LogP contribution in [0, 0.1) is 11.3 Å². The molecule has 1 N–H and O–H groups in total. The van der Waals surface area contributed by atoms with E-state index in [0.29, 0.717) is 10.6 Å². The Balaban J connectivity index is 2.63. The Bertz CT molecular complexity index is 438. The zero-order valence-electron chi connectivity index (χ0n) is 8.23. The van der Waals surface area contributed by atoms with Gasteiger partial charge in [-0.1, -0.05) is 18.2 Å². The molecule has 0 aliphatic heterocycles. The molecule has 0 saturated carbocycles. The molecule has 1 aromatic heterocycles. The molecule has 1 aromatic rings. The smallest absolute Gasteiger partial charge is 0.248 e. The molecule has 1 rings (SSSR count). The highest BCUT2D eigenvalue weighted by Gasteiger charge is 2.04. The number of carbonyl (C=O) groups is 1. The average molecular weight is 218 g/mol. The van der Waals surface area contributed by atoms with Crippen LogP contribution in [0.2, 0.25) is 0 Å². The third-order valence-electron chi connectivity index (χ3n) is 1.57. The normalized spacial score (nSPS) is 10.7. The second-order valence-corrected chi connectivity index (χ2v) is 3.57. The average Bonchev–Trinajstić information content (AvgIpc) is 2.65. The van der Waals surface area contributed by atoms with Crippen molar-refractivity contribution in [2.75, 3.05) is 5.32 Å². The van der Waals surface area contributed by atoms with Gasteiger partial charge in [-0.3, -0.25) is 4.79 Å². The van der Waals surface area contributed by atoms with Crippen molar-refractivity contribution < 1.29 is 4.79 Å². The van der Waals surface area contributed by atoms with Gasteiger partial charge >= 0.3 is 0 Å². The molecule has 0 radical (unpaired) electrons. The first-order valence-corrected chi connectivity index (χ1v) is 5.24. The minimum absolute atomic E-state index is 0.230. The zero-order valence-corrected chi connectivity index (χ0v) is 9.04. The topological polar surface area (TPSA) is 52.9 Å². The maximum Gasteiger partial charge on any atom is 0.248 e. The maximum atomic E-state index is 11.3. The van der Waals surface area contributed by atoms with Crippen molar-refractivity contribution >= 4 is 22.2 Å². The second-order valence-electron chi connectivity index (χ2n) is 2.65. The van der Waals surface area contributed by atoms with Crippen molar-refractivity contribution in [1.29, 1.82) is 5.26 Å². The zero-order chi connectivity index (χ0) is 11.1. The van der Waals surface area contributed by atoms with E-state index in [1.807, 2.05) is 19.1 Å². The number of allylic oxidation sites excluding steroid dienone is 3. The van der Waals surface area contributed by atoms with E-state index in [-0.39, 0.29) is 5.91 Å². The highest BCUT2D eigenvalue weighted by molar-refractivity contribution is 7.14. The van der Waals surface area contributed by atoms with Gasteiger partial charge in [0.15, 0.2) is 0 Å². The van der Waals surface area contributed by atoms with E-state index in [1.54, 1.807) is 23.6 Å². The highest BCUT2D eigenvalue weighted by Crippen LogP contribution is 2.21. The molecule has 0 fully saturated rings. The summed E-state index contributed by atoms with van der Waals surface area (Å²) in [7, 11) is 0. The van der Waals surface area contributed by atoms with Crippen molar-refractivity contribution in [2.45, 2.75) is 6.92 Å². The predicted octanol–water partition coefficient (Wildman–Crippen LogP) is 2.69. The number of nitrogens with one attached hydrogen (secondary N) is 1. The fourth-order valence-corrected chi connectivity index (χ4v) is 1.64. The number of rotatable bonds is 3. The van der Waals surface area contributed by atoms with Crippen LogP contribution in [0.15, 0.2) is 35.8 Å². The lowest BCUT2D eigenvalue weighted by molar-refractivity contribution is -0.111. The van der Waals surface area contributed by atoms with Crippen LogP contribution in [0.4, 0.5) is 5.00 Å². The fraction of sp³-hybridized carbons (Fsp3) is 0.0909. The Labute approximate surface area is 92.4 Å². The third kappa shape index (κ3) is 3.41. The van der Waals surface area contributed by atoms with Gasteiger partial charge in [0.2, 0.25) is 5.91 Å². The molecule has 0 aliphatic carbocycles. The van der Waals surface area contributed by atoms with E-state index >= 15 is 0 Å². The molecule has 0 atom stereocenters. The SMILES string of the molecule is CC=CC=CC(=O)Nc1sccc1C#N. The monoisotopic (exact) mass is 218 g/mol. The minimum atomic E-state index is -0.230. The maximum absolute atomic E-state index is 11.3. The van der Waals surface area contributed by atoms with Crippen LogP contribution in [0.1, 0.15) is 12.5 Å². The first-order valence-electron chi connectivity index (χ1n) is 4.36. The van der Waals surface area contributed by atoms with Crippen LogP contribution in [-0.4, -0.2) is 5.91 Å². The Morgan fingerprint density at radius 3 is 3.07 bits per heavy atom. The van der Waals surface area contributed by atoms with Gasteiger partial charge in [0.05, 0.1) is 5.56 Å². The van der Waals surface area contributed by atoms with E-state index < -0.39 is 0 Å². The van der Waals surface area contributed by atoms with Crippen LogP contribution in [-0.2, 0) is 4.79 Å². The van der Waals surface area contributed by atoms with Crippen LogP contribution in [0.3, 0.4) is 0 Å². The second kappa shape index (κ2) is 5.78. The van der Waals surface area contributed by atoms with Crippen molar-refractivity contribution in [3.8, 4) is 6.07 Å². The molecule has 4 heteroatoms. The van der Waals surface area contributed by atoms with Crippen LogP contribution >= 0.6 is 11.3 Å².